The fourth-order valence-corrected chi connectivity index (χ4v) is 6.89. The summed E-state index contributed by atoms with van der Waals surface area (Å²) in [6.07, 6.45) is 8.44. The number of nitriles is 1. The first kappa shape index (κ1) is 16.8. The van der Waals surface area contributed by atoms with Crippen LogP contribution in [0.1, 0.15) is 44.6 Å². The van der Waals surface area contributed by atoms with Gasteiger partial charge in [-0.25, -0.2) is 9.78 Å². The van der Waals surface area contributed by atoms with E-state index in [4.69, 9.17) is 5.26 Å². The number of aromatic amines is 2. The first-order chi connectivity index (χ1) is 14.1. The SMILES string of the molecule is N#CCC(=O)NC12CC3CC(C1)C(n1c(=O)[nH]c4cnc5[nH]ccc5c41)C(C3)C2. The molecule has 0 radical (unpaired) electrons. The molecule has 3 aromatic heterocycles. The molecule has 0 aliphatic heterocycles. The monoisotopic (exact) mass is 390 g/mol. The van der Waals surface area contributed by atoms with Crippen LogP contribution in [0, 0.1) is 29.1 Å². The van der Waals surface area contributed by atoms with Crippen molar-refractivity contribution in [2.75, 3.05) is 0 Å². The molecule has 0 spiro atoms. The maximum absolute atomic E-state index is 13.0. The maximum atomic E-state index is 13.0. The molecule has 148 valence electrons. The lowest BCUT2D eigenvalue weighted by atomic mass is 9.51. The lowest BCUT2D eigenvalue weighted by molar-refractivity contribution is -0.127. The fourth-order valence-electron chi connectivity index (χ4n) is 6.89. The van der Waals surface area contributed by atoms with Gasteiger partial charge in [0.15, 0.2) is 0 Å². The highest BCUT2D eigenvalue weighted by Gasteiger charge is 2.56. The molecule has 4 fully saturated rings. The zero-order chi connectivity index (χ0) is 19.8. The number of carbonyl (C=O) groups is 1. The van der Waals surface area contributed by atoms with Gasteiger partial charge in [-0.15, -0.1) is 0 Å². The minimum absolute atomic E-state index is 0.0736. The zero-order valence-corrected chi connectivity index (χ0v) is 15.9. The van der Waals surface area contributed by atoms with Gasteiger partial charge in [-0.05, 0) is 55.9 Å². The molecular formula is C21H22N6O2. The van der Waals surface area contributed by atoms with Crippen LogP contribution in [0.25, 0.3) is 22.1 Å². The van der Waals surface area contributed by atoms with Gasteiger partial charge >= 0.3 is 5.69 Å². The van der Waals surface area contributed by atoms with Crippen molar-refractivity contribution in [3.8, 4) is 6.07 Å². The Morgan fingerprint density at radius 3 is 2.90 bits per heavy atom. The molecule has 4 aliphatic rings. The Morgan fingerprint density at radius 1 is 1.34 bits per heavy atom. The summed E-state index contributed by atoms with van der Waals surface area (Å²) in [6, 6.07) is 4.07. The third-order valence-corrected chi connectivity index (χ3v) is 7.43. The van der Waals surface area contributed by atoms with E-state index in [-0.39, 0.29) is 29.6 Å². The summed E-state index contributed by atoms with van der Waals surface area (Å²) in [5.41, 5.74) is 2.21. The summed E-state index contributed by atoms with van der Waals surface area (Å²) in [5, 5.41) is 13.0. The van der Waals surface area contributed by atoms with Crippen LogP contribution in [0.2, 0.25) is 0 Å². The summed E-state index contributed by atoms with van der Waals surface area (Å²) in [6.45, 7) is 0. The average Bonchev–Trinajstić information content (AvgIpc) is 3.24. The zero-order valence-electron chi connectivity index (χ0n) is 15.9. The Kier molecular flexibility index (Phi) is 3.32. The van der Waals surface area contributed by atoms with Gasteiger partial charge in [0.2, 0.25) is 5.91 Å². The molecule has 3 heterocycles. The van der Waals surface area contributed by atoms with Gasteiger partial charge < -0.3 is 15.3 Å². The summed E-state index contributed by atoms with van der Waals surface area (Å²) in [5.74, 6) is 1.11. The van der Waals surface area contributed by atoms with E-state index in [1.165, 1.54) is 0 Å². The summed E-state index contributed by atoms with van der Waals surface area (Å²) in [7, 11) is 0. The molecule has 0 saturated heterocycles. The lowest BCUT2D eigenvalue weighted by Crippen LogP contribution is -2.62. The molecule has 4 aliphatic carbocycles. The molecule has 3 N–H and O–H groups in total. The van der Waals surface area contributed by atoms with Crippen LogP contribution in [-0.2, 0) is 4.79 Å². The highest BCUT2D eigenvalue weighted by Crippen LogP contribution is 2.60. The van der Waals surface area contributed by atoms with Crippen LogP contribution in [-0.4, -0.2) is 31.0 Å². The average molecular weight is 390 g/mol. The number of hydrogen-bond donors (Lipinski definition) is 3. The summed E-state index contributed by atoms with van der Waals surface area (Å²) >= 11 is 0. The van der Waals surface area contributed by atoms with E-state index in [1.807, 2.05) is 22.9 Å². The van der Waals surface area contributed by atoms with Crippen molar-refractivity contribution in [2.45, 2.75) is 50.1 Å². The van der Waals surface area contributed by atoms with Gasteiger partial charge in [-0.2, -0.15) is 5.26 Å². The molecule has 2 atom stereocenters. The topological polar surface area (TPSA) is 119 Å². The van der Waals surface area contributed by atoms with Crippen LogP contribution >= 0.6 is 0 Å². The number of nitrogens with zero attached hydrogens (tertiary/aromatic N) is 3. The number of imidazole rings is 1. The summed E-state index contributed by atoms with van der Waals surface area (Å²) < 4.78 is 1.98. The second-order valence-electron chi connectivity index (χ2n) is 9.18. The van der Waals surface area contributed by atoms with E-state index in [9.17, 15) is 9.59 Å². The number of amides is 1. The van der Waals surface area contributed by atoms with E-state index in [2.05, 4.69) is 20.3 Å². The van der Waals surface area contributed by atoms with Crippen molar-refractivity contribution >= 4 is 28.0 Å². The van der Waals surface area contributed by atoms with E-state index in [0.717, 1.165) is 54.2 Å². The highest BCUT2D eigenvalue weighted by atomic mass is 16.2. The molecule has 4 saturated carbocycles. The second kappa shape index (κ2) is 5.72. The first-order valence-electron chi connectivity index (χ1n) is 10.3. The van der Waals surface area contributed by atoms with Gasteiger partial charge in [-0.1, -0.05) is 0 Å². The maximum Gasteiger partial charge on any atom is 0.326 e. The number of carbonyl (C=O) groups excluding carboxylic acids is 1. The van der Waals surface area contributed by atoms with Crippen LogP contribution in [0.4, 0.5) is 0 Å². The molecule has 7 rings (SSSR count). The van der Waals surface area contributed by atoms with Crippen molar-refractivity contribution in [2.24, 2.45) is 17.8 Å². The van der Waals surface area contributed by atoms with Gasteiger partial charge in [0.25, 0.3) is 0 Å². The van der Waals surface area contributed by atoms with E-state index in [1.54, 1.807) is 6.20 Å². The first-order valence-corrected chi connectivity index (χ1v) is 10.3. The molecule has 3 aromatic rings. The number of aromatic nitrogens is 4. The molecule has 8 nitrogen and oxygen atoms in total. The van der Waals surface area contributed by atoms with Gasteiger partial charge in [0.05, 0.1) is 23.3 Å². The molecule has 8 heteroatoms. The predicted octanol–water partition coefficient (Wildman–Crippen LogP) is 2.36. The molecular weight excluding hydrogens is 368 g/mol. The van der Waals surface area contributed by atoms with Gasteiger partial charge in [0.1, 0.15) is 12.1 Å². The van der Waals surface area contributed by atoms with E-state index >= 15 is 0 Å². The number of hydrogen-bond acceptors (Lipinski definition) is 4. The summed E-state index contributed by atoms with van der Waals surface area (Å²) in [4.78, 5) is 35.8. The van der Waals surface area contributed by atoms with Gasteiger partial charge in [0, 0.05) is 23.2 Å². The standard InChI is InChI=1S/C21H22N6O2/c22-3-1-16(28)26-21-7-11-5-12(8-21)17(13(6-11)9-21)27-18-14-2-4-23-19(14)24-10-15(18)25-20(27)29/h2,4,10-13,17H,1,5-9H2,(H,23,24)(H,25,29)(H,26,28). The van der Waals surface area contributed by atoms with Crippen LogP contribution in [0.3, 0.4) is 0 Å². The van der Waals surface area contributed by atoms with Crippen LogP contribution in [0.5, 0.6) is 0 Å². The quantitative estimate of drug-likeness (QED) is 0.636. The molecule has 29 heavy (non-hydrogen) atoms. The predicted molar refractivity (Wildman–Crippen MR) is 106 cm³/mol. The third kappa shape index (κ3) is 2.33. The minimum atomic E-state index is -0.207. The normalized spacial score (nSPS) is 32.7. The van der Waals surface area contributed by atoms with Crippen molar-refractivity contribution in [1.82, 2.24) is 24.8 Å². The van der Waals surface area contributed by atoms with Crippen molar-refractivity contribution in [3.63, 3.8) is 0 Å². The Morgan fingerprint density at radius 2 is 2.14 bits per heavy atom. The number of H-pyrrole nitrogens is 2. The Hall–Kier alpha value is -3.08. The Labute approximate surface area is 166 Å². The second-order valence-corrected chi connectivity index (χ2v) is 9.18. The number of nitrogens with one attached hydrogen (secondary N) is 3. The Bertz CT molecular complexity index is 1230. The van der Waals surface area contributed by atoms with E-state index in [0.29, 0.717) is 17.8 Å². The minimum Gasteiger partial charge on any atom is -0.350 e. The fraction of sp³-hybridized carbons (Fsp3) is 0.524. The van der Waals surface area contributed by atoms with Crippen molar-refractivity contribution < 1.29 is 4.79 Å². The smallest absolute Gasteiger partial charge is 0.326 e. The van der Waals surface area contributed by atoms with Crippen molar-refractivity contribution in [3.05, 3.63) is 28.9 Å². The van der Waals surface area contributed by atoms with E-state index < -0.39 is 0 Å². The Balaban J connectivity index is 1.44. The molecule has 4 bridgehead atoms. The highest BCUT2D eigenvalue weighted by molar-refractivity contribution is 6.01. The van der Waals surface area contributed by atoms with Crippen LogP contribution in [0.15, 0.2) is 23.3 Å². The lowest BCUT2D eigenvalue weighted by Gasteiger charge is -2.60. The third-order valence-electron chi connectivity index (χ3n) is 7.43. The van der Waals surface area contributed by atoms with Crippen LogP contribution < -0.4 is 11.0 Å². The van der Waals surface area contributed by atoms with Gasteiger partial charge in [-0.3, -0.25) is 9.36 Å². The van der Waals surface area contributed by atoms with Crippen molar-refractivity contribution in [1.29, 1.82) is 5.26 Å². The number of pyridine rings is 1. The number of fused-ring (bicyclic) bond motifs is 3. The molecule has 2 unspecified atom stereocenters. The largest absolute Gasteiger partial charge is 0.350 e. The number of rotatable bonds is 3. The molecule has 0 aromatic carbocycles. The molecule has 1 amide bonds.